The van der Waals surface area contributed by atoms with Gasteiger partial charge in [0.25, 0.3) is 5.91 Å². The Hall–Kier alpha value is -3.44. The van der Waals surface area contributed by atoms with Gasteiger partial charge in [0.05, 0.1) is 11.6 Å². The van der Waals surface area contributed by atoms with Gasteiger partial charge in [-0.1, -0.05) is 31.7 Å². The lowest BCUT2D eigenvalue weighted by molar-refractivity contribution is -0.161. The van der Waals surface area contributed by atoms with E-state index in [9.17, 15) is 27.6 Å². The molecule has 2 N–H and O–H groups in total. The molecular formula is C28H37F4N5O3. The quantitative estimate of drug-likeness (QED) is 0.302. The van der Waals surface area contributed by atoms with Crippen LogP contribution in [-0.4, -0.2) is 57.7 Å². The summed E-state index contributed by atoms with van der Waals surface area (Å²) >= 11 is 0. The highest BCUT2D eigenvalue weighted by Crippen LogP contribution is 2.28. The predicted octanol–water partition coefficient (Wildman–Crippen LogP) is 5.26. The number of nitrogens with zero attached hydrogens (tertiary/aromatic N) is 3. The third kappa shape index (κ3) is 8.04. The lowest BCUT2D eigenvalue weighted by atomic mass is 9.90. The van der Waals surface area contributed by atoms with Gasteiger partial charge in [0.1, 0.15) is 24.1 Å². The highest BCUT2D eigenvalue weighted by molar-refractivity contribution is 6.00. The molecule has 1 heterocycles. The van der Waals surface area contributed by atoms with E-state index in [4.69, 9.17) is 0 Å². The molecule has 1 aliphatic carbocycles. The molecule has 0 aliphatic heterocycles. The highest BCUT2D eigenvalue weighted by atomic mass is 19.4. The number of nitrogens with one attached hydrogen (secondary N) is 2. The number of rotatable bonds is 10. The molecule has 1 saturated carbocycles. The number of alkyl halides is 3. The van der Waals surface area contributed by atoms with Gasteiger partial charge < -0.3 is 15.5 Å². The topological polar surface area (TPSA) is 96.3 Å². The Kier molecular flexibility index (Phi) is 10.7. The molecule has 1 aliphatic rings. The second-order valence-corrected chi connectivity index (χ2v) is 10.2. The third-order valence-corrected chi connectivity index (χ3v) is 7.37. The van der Waals surface area contributed by atoms with Gasteiger partial charge in [0.2, 0.25) is 11.8 Å². The monoisotopic (exact) mass is 567 g/mol. The largest absolute Gasteiger partial charge is 0.406 e. The Balaban J connectivity index is 1.78. The van der Waals surface area contributed by atoms with Crippen LogP contribution in [0.1, 0.15) is 81.3 Å². The van der Waals surface area contributed by atoms with Crippen molar-refractivity contribution in [2.45, 2.75) is 84.0 Å². The fourth-order valence-electron chi connectivity index (χ4n) is 5.13. The van der Waals surface area contributed by atoms with E-state index < -0.39 is 48.2 Å². The van der Waals surface area contributed by atoms with Crippen molar-refractivity contribution >= 4 is 23.4 Å². The van der Waals surface area contributed by atoms with Gasteiger partial charge in [-0.15, -0.1) is 0 Å². The van der Waals surface area contributed by atoms with Crippen LogP contribution in [0.2, 0.25) is 0 Å². The zero-order valence-electron chi connectivity index (χ0n) is 23.1. The average molecular weight is 568 g/mol. The van der Waals surface area contributed by atoms with E-state index in [-0.39, 0.29) is 23.7 Å². The van der Waals surface area contributed by atoms with E-state index in [1.54, 1.807) is 6.07 Å². The number of carbonyl (C=O) groups excluding carboxylic acids is 3. The number of hydrogen-bond donors (Lipinski definition) is 2. The lowest BCUT2D eigenvalue weighted by Crippen LogP contribution is -2.49. The van der Waals surface area contributed by atoms with Crippen LogP contribution in [0, 0.1) is 11.7 Å². The van der Waals surface area contributed by atoms with E-state index in [0.29, 0.717) is 17.1 Å². The minimum absolute atomic E-state index is 0.141. The molecular weight excluding hydrogens is 530 g/mol. The zero-order chi connectivity index (χ0) is 29.4. The first-order valence-electron chi connectivity index (χ1n) is 13.7. The Morgan fingerprint density at radius 3 is 2.35 bits per heavy atom. The lowest BCUT2D eigenvalue weighted by Gasteiger charge is -2.27. The molecule has 12 heteroatoms. The molecule has 220 valence electrons. The summed E-state index contributed by atoms with van der Waals surface area (Å²) in [4.78, 5) is 39.8. The molecule has 2 aromatic rings. The van der Waals surface area contributed by atoms with Crippen LogP contribution in [0.5, 0.6) is 0 Å². The number of amides is 3. The SMILES string of the molecule is CCN(CC(F)(F)F)C(=O)[C@H](C)c1ccc(NC(=O)[C@@H](NC(=O)c2ccnn2CC)C2CCCCCC2)c(F)c1. The summed E-state index contributed by atoms with van der Waals surface area (Å²) in [5.41, 5.74) is 0.347. The van der Waals surface area contributed by atoms with Gasteiger partial charge in [-0.05, 0) is 63.3 Å². The van der Waals surface area contributed by atoms with Crippen molar-refractivity contribution in [1.29, 1.82) is 0 Å². The van der Waals surface area contributed by atoms with Gasteiger partial charge >= 0.3 is 6.18 Å². The number of benzene rings is 1. The Labute approximate surface area is 231 Å². The standard InChI is InChI=1S/C28H37F4N5O3/c1-4-36(17-28(30,31)32)27(40)18(3)20-12-13-22(21(29)16-20)34-26(39)24(19-10-8-6-7-9-11-19)35-25(38)23-14-15-33-37(23)5-2/h12-16,18-19,24H,4-11,17H2,1-3H3,(H,34,39)(H,35,38)/t18-,24+/m1/s1. The molecule has 1 aromatic heterocycles. The average Bonchev–Trinajstić information content (AvgIpc) is 3.24. The van der Waals surface area contributed by atoms with Crippen LogP contribution < -0.4 is 10.6 Å². The van der Waals surface area contributed by atoms with Crippen LogP contribution in [0.4, 0.5) is 23.2 Å². The van der Waals surface area contributed by atoms with E-state index >= 15 is 4.39 Å². The minimum atomic E-state index is -4.55. The third-order valence-electron chi connectivity index (χ3n) is 7.37. The summed E-state index contributed by atoms with van der Waals surface area (Å²) in [5, 5.41) is 9.52. The van der Waals surface area contributed by atoms with E-state index in [1.165, 1.54) is 36.9 Å². The Morgan fingerprint density at radius 2 is 1.77 bits per heavy atom. The minimum Gasteiger partial charge on any atom is -0.339 e. The summed E-state index contributed by atoms with van der Waals surface area (Å²) < 4.78 is 55.2. The number of aryl methyl sites for hydroxylation is 1. The second-order valence-electron chi connectivity index (χ2n) is 10.2. The van der Waals surface area contributed by atoms with Crippen LogP contribution in [0.3, 0.4) is 0 Å². The molecule has 3 rings (SSSR count). The van der Waals surface area contributed by atoms with Crippen molar-refractivity contribution in [2.24, 2.45) is 5.92 Å². The van der Waals surface area contributed by atoms with Gasteiger partial charge in [-0.3, -0.25) is 19.1 Å². The Morgan fingerprint density at radius 1 is 1.10 bits per heavy atom. The molecule has 0 saturated heterocycles. The van der Waals surface area contributed by atoms with Gasteiger partial charge in [-0.2, -0.15) is 18.3 Å². The summed E-state index contributed by atoms with van der Waals surface area (Å²) in [6.45, 7) is 3.63. The summed E-state index contributed by atoms with van der Waals surface area (Å²) in [6.07, 6.45) is 2.32. The summed E-state index contributed by atoms with van der Waals surface area (Å²) in [7, 11) is 0. The van der Waals surface area contributed by atoms with E-state index in [2.05, 4.69) is 15.7 Å². The normalized spacial score (nSPS) is 16.1. The first kappa shape index (κ1) is 31.1. The molecule has 0 bridgehead atoms. The number of hydrogen-bond acceptors (Lipinski definition) is 4. The van der Waals surface area contributed by atoms with E-state index in [1.807, 2.05) is 6.92 Å². The number of likely N-dealkylation sites (N-methyl/N-ethyl adjacent to an activating group) is 1. The first-order valence-corrected chi connectivity index (χ1v) is 13.7. The maximum absolute atomic E-state index is 15.1. The van der Waals surface area contributed by atoms with Gasteiger partial charge in [-0.25, -0.2) is 4.39 Å². The fourth-order valence-corrected chi connectivity index (χ4v) is 5.13. The highest BCUT2D eigenvalue weighted by Gasteiger charge is 2.35. The van der Waals surface area contributed by atoms with Crippen molar-refractivity contribution in [2.75, 3.05) is 18.4 Å². The van der Waals surface area contributed by atoms with Crippen molar-refractivity contribution in [3.8, 4) is 0 Å². The molecule has 0 radical (unpaired) electrons. The second kappa shape index (κ2) is 13.8. The van der Waals surface area contributed by atoms with Crippen LogP contribution in [0.25, 0.3) is 0 Å². The Bertz CT molecular complexity index is 1170. The van der Waals surface area contributed by atoms with Crippen molar-refractivity contribution in [1.82, 2.24) is 20.0 Å². The molecule has 0 unspecified atom stereocenters. The zero-order valence-corrected chi connectivity index (χ0v) is 23.1. The van der Waals surface area contributed by atoms with Crippen LogP contribution in [0.15, 0.2) is 30.5 Å². The van der Waals surface area contributed by atoms with Crippen molar-refractivity contribution < 1.29 is 31.9 Å². The summed E-state index contributed by atoms with van der Waals surface area (Å²) in [5.74, 6) is -3.80. The molecule has 2 atom stereocenters. The van der Waals surface area contributed by atoms with Gasteiger partial charge in [0, 0.05) is 19.3 Å². The fraction of sp³-hybridized carbons (Fsp3) is 0.571. The van der Waals surface area contributed by atoms with Crippen molar-refractivity contribution in [3.05, 3.63) is 47.5 Å². The van der Waals surface area contributed by atoms with Gasteiger partial charge in [0.15, 0.2) is 0 Å². The maximum atomic E-state index is 15.1. The van der Waals surface area contributed by atoms with Crippen LogP contribution >= 0.6 is 0 Å². The molecule has 40 heavy (non-hydrogen) atoms. The molecule has 8 nitrogen and oxygen atoms in total. The first-order chi connectivity index (χ1) is 18.9. The predicted molar refractivity (Wildman–Crippen MR) is 142 cm³/mol. The maximum Gasteiger partial charge on any atom is 0.406 e. The number of aromatic nitrogens is 2. The molecule has 0 spiro atoms. The number of anilines is 1. The molecule has 1 aromatic carbocycles. The van der Waals surface area contributed by atoms with Crippen LogP contribution in [-0.2, 0) is 16.1 Å². The molecule has 3 amide bonds. The van der Waals surface area contributed by atoms with Crippen molar-refractivity contribution in [3.63, 3.8) is 0 Å². The number of carbonyl (C=O) groups is 3. The smallest absolute Gasteiger partial charge is 0.339 e. The molecule has 1 fully saturated rings. The van der Waals surface area contributed by atoms with E-state index in [0.717, 1.165) is 44.6 Å². The summed E-state index contributed by atoms with van der Waals surface area (Å²) in [6, 6.07) is 4.38. The number of halogens is 4.